The number of carbonyl (C=O) groups excluding carboxylic acids is 2. The maximum atomic E-state index is 13.3. The summed E-state index contributed by atoms with van der Waals surface area (Å²) in [5.41, 5.74) is -0.0264. The van der Waals surface area contributed by atoms with Gasteiger partial charge in [0.25, 0.3) is 0 Å². The fourth-order valence-corrected chi connectivity index (χ4v) is 2.20. The van der Waals surface area contributed by atoms with Gasteiger partial charge in [0.05, 0.1) is 12.3 Å². The van der Waals surface area contributed by atoms with Gasteiger partial charge in [-0.25, -0.2) is 9.18 Å². The summed E-state index contributed by atoms with van der Waals surface area (Å²) in [7, 11) is 0. The van der Waals surface area contributed by atoms with Gasteiger partial charge in [-0.2, -0.15) is 0 Å². The minimum atomic E-state index is -0.976. The third-order valence-corrected chi connectivity index (χ3v) is 3.54. The van der Waals surface area contributed by atoms with Crippen LogP contribution in [0, 0.1) is 5.82 Å². The van der Waals surface area contributed by atoms with E-state index in [9.17, 15) is 14.0 Å². The normalized spacial score (nSPS) is 10.3. The van der Waals surface area contributed by atoms with Gasteiger partial charge in [-0.05, 0) is 18.6 Å². The van der Waals surface area contributed by atoms with Gasteiger partial charge >= 0.3 is 11.9 Å². The number of halogens is 1. The maximum absolute atomic E-state index is 13.3. The van der Waals surface area contributed by atoms with Crippen LogP contribution in [-0.2, 0) is 14.3 Å². The van der Waals surface area contributed by atoms with Gasteiger partial charge < -0.3 is 10.1 Å². The molecule has 5 heteroatoms. The topological polar surface area (TPSA) is 55.4 Å². The van der Waals surface area contributed by atoms with Gasteiger partial charge in [0.15, 0.2) is 0 Å². The molecule has 0 heterocycles. The molecule has 0 spiro atoms. The molecular weight excluding hydrogens is 297 g/mol. The number of hydrogen-bond acceptors (Lipinski definition) is 3. The van der Waals surface area contributed by atoms with Crippen LogP contribution < -0.4 is 5.32 Å². The van der Waals surface area contributed by atoms with Crippen molar-refractivity contribution in [3.05, 3.63) is 30.1 Å². The molecular formula is C18H26FNO3. The molecule has 1 rings (SSSR count). The summed E-state index contributed by atoms with van der Waals surface area (Å²) < 4.78 is 18.2. The summed E-state index contributed by atoms with van der Waals surface area (Å²) in [5.74, 6) is -2.51. The summed E-state index contributed by atoms with van der Waals surface area (Å²) in [6.45, 7) is 2.41. The Labute approximate surface area is 137 Å². The largest absolute Gasteiger partial charge is 0.459 e. The predicted molar refractivity (Wildman–Crippen MR) is 88.6 cm³/mol. The number of carbonyl (C=O) groups is 2. The molecule has 1 amide bonds. The third kappa shape index (κ3) is 8.33. The van der Waals surface area contributed by atoms with E-state index in [0.717, 1.165) is 19.3 Å². The Hall–Kier alpha value is -1.91. The number of para-hydroxylation sites is 1. The SMILES string of the molecule is CCCCCCCCCCOC(=O)C(=O)Nc1ccccc1F. The number of anilines is 1. The average molecular weight is 323 g/mol. The molecule has 0 aliphatic rings. The minimum Gasteiger partial charge on any atom is -0.459 e. The summed E-state index contributed by atoms with van der Waals surface area (Å²) in [4.78, 5) is 23.1. The summed E-state index contributed by atoms with van der Waals surface area (Å²) in [5, 5.41) is 2.20. The standard InChI is InChI=1S/C18H26FNO3/c1-2-3-4-5-6-7-8-11-14-23-18(22)17(21)20-16-13-10-9-12-15(16)19/h9-10,12-13H,2-8,11,14H2,1H3,(H,20,21). The van der Waals surface area contributed by atoms with E-state index in [4.69, 9.17) is 4.74 Å². The third-order valence-electron chi connectivity index (χ3n) is 3.54. The van der Waals surface area contributed by atoms with E-state index in [1.807, 2.05) is 0 Å². The van der Waals surface area contributed by atoms with Gasteiger partial charge in [-0.3, -0.25) is 4.79 Å². The highest BCUT2D eigenvalue weighted by Crippen LogP contribution is 2.12. The fourth-order valence-electron chi connectivity index (χ4n) is 2.20. The lowest BCUT2D eigenvalue weighted by molar-refractivity contribution is -0.152. The van der Waals surface area contributed by atoms with Gasteiger partial charge in [0, 0.05) is 0 Å². The molecule has 0 saturated heterocycles. The number of benzene rings is 1. The zero-order valence-electron chi connectivity index (χ0n) is 13.8. The summed E-state index contributed by atoms with van der Waals surface area (Å²) in [6.07, 6.45) is 9.09. The molecule has 128 valence electrons. The number of nitrogens with one attached hydrogen (secondary N) is 1. The number of ether oxygens (including phenoxy) is 1. The van der Waals surface area contributed by atoms with Crippen molar-refractivity contribution in [1.29, 1.82) is 0 Å². The Kier molecular flexibility index (Phi) is 9.68. The molecule has 0 aliphatic heterocycles. The first kappa shape index (κ1) is 19.1. The zero-order valence-corrected chi connectivity index (χ0v) is 13.8. The van der Waals surface area contributed by atoms with Crippen molar-refractivity contribution in [1.82, 2.24) is 0 Å². The Morgan fingerprint density at radius 3 is 2.26 bits per heavy atom. The van der Waals surface area contributed by atoms with Crippen LogP contribution >= 0.6 is 0 Å². The van der Waals surface area contributed by atoms with Gasteiger partial charge in [0.2, 0.25) is 0 Å². The van der Waals surface area contributed by atoms with E-state index < -0.39 is 17.7 Å². The van der Waals surface area contributed by atoms with E-state index in [2.05, 4.69) is 12.2 Å². The van der Waals surface area contributed by atoms with Crippen molar-refractivity contribution in [3.63, 3.8) is 0 Å². The van der Waals surface area contributed by atoms with Crippen LogP contribution in [0.2, 0.25) is 0 Å². The van der Waals surface area contributed by atoms with Gasteiger partial charge in [0.1, 0.15) is 5.82 Å². The Morgan fingerprint density at radius 2 is 1.61 bits per heavy atom. The summed E-state index contributed by atoms with van der Waals surface area (Å²) >= 11 is 0. The molecule has 0 unspecified atom stereocenters. The number of unbranched alkanes of at least 4 members (excludes halogenated alkanes) is 7. The predicted octanol–water partition coefficient (Wildman–Crippen LogP) is 4.45. The molecule has 0 atom stereocenters. The van der Waals surface area contributed by atoms with E-state index in [1.54, 1.807) is 6.07 Å². The minimum absolute atomic E-state index is 0.0264. The first-order chi connectivity index (χ1) is 11.1. The summed E-state index contributed by atoms with van der Waals surface area (Å²) in [6, 6.07) is 5.68. The van der Waals surface area contributed by atoms with Crippen LogP contribution in [-0.4, -0.2) is 18.5 Å². The first-order valence-electron chi connectivity index (χ1n) is 8.37. The second-order valence-corrected chi connectivity index (χ2v) is 5.54. The molecule has 0 bridgehead atoms. The van der Waals surface area contributed by atoms with E-state index in [-0.39, 0.29) is 12.3 Å². The highest BCUT2D eigenvalue weighted by molar-refractivity contribution is 6.37. The number of rotatable bonds is 10. The Morgan fingerprint density at radius 1 is 1.00 bits per heavy atom. The van der Waals surface area contributed by atoms with E-state index >= 15 is 0 Å². The van der Waals surface area contributed by atoms with Crippen LogP contribution in [0.1, 0.15) is 58.3 Å². The van der Waals surface area contributed by atoms with Crippen molar-refractivity contribution in [2.45, 2.75) is 58.3 Å². The second kappa shape index (κ2) is 11.6. The lowest BCUT2D eigenvalue weighted by Crippen LogP contribution is -2.25. The van der Waals surface area contributed by atoms with Crippen LogP contribution in [0.3, 0.4) is 0 Å². The highest BCUT2D eigenvalue weighted by Gasteiger charge is 2.16. The lowest BCUT2D eigenvalue weighted by Gasteiger charge is -2.06. The monoisotopic (exact) mass is 323 g/mol. The lowest BCUT2D eigenvalue weighted by atomic mass is 10.1. The van der Waals surface area contributed by atoms with Crippen molar-refractivity contribution < 1.29 is 18.7 Å². The van der Waals surface area contributed by atoms with Crippen LogP contribution in [0.15, 0.2) is 24.3 Å². The molecule has 0 aliphatic carbocycles. The van der Waals surface area contributed by atoms with Crippen LogP contribution in [0.4, 0.5) is 10.1 Å². The number of hydrogen-bond donors (Lipinski definition) is 1. The molecule has 0 saturated carbocycles. The molecule has 4 nitrogen and oxygen atoms in total. The smallest absolute Gasteiger partial charge is 0.397 e. The number of esters is 1. The zero-order chi connectivity index (χ0) is 16.9. The Bertz CT molecular complexity index is 491. The molecule has 1 aromatic carbocycles. The molecule has 1 aromatic rings. The van der Waals surface area contributed by atoms with Gasteiger partial charge in [-0.15, -0.1) is 0 Å². The highest BCUT2D eigenvalue weighted by atomic mass is 19.1. The quantitative estimate of drug-likeness (QED) is 0.393. The van der Waals surface area contributed by atoms with Crippen molar-refractivity contribution in [2.75, 3.05) is 11.9 Å². The molecule has 0 radical (unpaired) electrons. The van der Waals surface area contributed by atoms with Gasteiger partial charge in [-0.1, -0.05) is 64.0 Å². The van der Waals surface area contributed by atoms with Crippen molar-refractivity contribution >= 4 is 17.6 Å². The van der Waals surface area contributed by atoms with E-state index in [1.165, 1.54) is 50.3 Å². The fraction of sp³-hybridized carbons (Fsp3) is 0.556. The molecule has 0 fully saturated rings. The molecule has 0 aromatic heterocycles. The first-order valence-corrected chi connectivity index (χ1v) is 8.37. The van der Waals surface area contributed by atoms with Crippen LogP contribution in [0.5, 0.6) is 0 Å². The molecule has 1 N–H and O–H groups in total. The van der Waals surface area contributed by atoms with Crippen molar-refractivity contribution in [2.24, 2.45) is 0 Å². The number of amides is 1. The van der Waals surface area contributed by atoms with Crippen molar-refractivity contribution in [3.8, 4) is 0 Å². The average Bonchev–Trinajstić information content (AvgIpc) is 2.55. The molecule has 23 heavy (non-hydrogen) atoms. The van der Waals surface area contributed by atoms with E-state index in [0.29, 0.717) is 0 Å². The maximum Gasteiger partial charge on any atom is 0.397 e. The van der Waals surface area contributed by atoms with Crippen LogP contribution in [0.25, 0.3) is 0 Å². The Balaban J connectivity index is 2.10. The second-order valence-electron chi connectivity index (χ2n) is 5.54.